The van der Waals surface area contributed by atoms with Crippen LogP contribution in [0.2, 0.25) is 0 Å². The topological polar surface area (TPSA) is 29.5 Å². The van der Waals surface area contributed by atoms with E-state index in [0.717, 1.165) is 15.8 Å². The van der Waals surface area contributed by atoms with Crippen LogP contribution in [0.1, 0.15) is 17.9 Å². The second kappa shape index (κ2) is 7.57. The highest BCUT2D eigenvalue weighted by Gasteiger charge is 2.34. The van der Waals surface area contributed by atoms with Crippen LogP contribution >= 0.6 is 27.7 Å². The van der Waals surface area contributed by atoms with Gasteiger partial charge in [-0.05, 0) is 36.8 Å². The maximum Gasteiger partial charge on any atom is 0.264 e. The molecule has 0 aliphatic carbocycles. The molecule has 2 atom stereocenters. The molecule has 0 radical (unpaired) electrons. The van der Waals surface area contributed by atoms with Gasteiger partial charge in [0.1, 0.15) is 5.37 Å². The summed E-state index contributed by atoms with van der Waals surface area (Å²) in [5.41, 5.74) is 1.08. The molecule has 1 aliphatic heterocycles. The van der Waals surface area contributed by atoms with Crippen molar-refractivity contribution < 1.29 is 13.9 Å². The number of para-hydroxylation sites is 1. The molecule has 1 aliphatic rings. The summed E-state index contributed by atoms with van der Waals surface area (Å²) < 4.78 is 20.3. The number of ether oxygens (including phenoxy) is 1. The summed E-state index contributed by atoms with van der Waals surface area (Å²) >= 11 is 5.15. The zero-order valence-corrected chi connectivity index (χ0v) is 15.5. The molecule has 0 aromatic heterocycles. The van der Waals surface area contributed by atoms with Gasteiger partial charge >= 0.3 is 0 Å². The van der Waals surface area contributed by atoms with E-state index < -0.39 is 11.9 Å². The number of hydrogen-bond donors (Lipinski definition) is 0. The Hall–Kier alpha value is -1.53. The van der Waals surface area contributed by atoms with Crippen molar-refractivity contribution in [2.45, 2.75) is 18.4 Å². The monoisotopic (exact) mass is 409 g/mol. The van der Waals surface area contributed by atoms with Crippen molar-refractivity contribution in [2.75, 3.05) is 12.3 Å². The van der Waals surface area contributed by atoms with Gasteiger partial charge in [0.25, 0.3) is 5.91 Å². The Morgan fingerprint density at radius 1 is 1.29 bits per heavy atom. The average molecular weight is 410 g/mol. The van der Waals surface area contributed by atoms with Crippen LogP contribution in [0.4, 0.5) is 4.39 Å². The predicted octanol–water partition coefficient (Wildman–Crippen LogP) is 4.63. The number of amides is 1. The van der Waals surface area contributed by atoms with Gasteiger partial charge in [0.2, 0.25) is 0 Å². The van der Waals surface area contributed by atoms with Crippen LogP contribution in [-0.2, 0) is 4.79 Å². The molecule has 2 aromatic carbocycles. The summed E-state index contributed by atoms with van der Waals surface area (Å²) in [4.78, 5) is 14.6. The average Bonchev–Trinajstić information content (AvgIpc) is 3.06. The first-order valence-corrected chi connectivity index (χ1v) is 9.49. The van der Waals surface area contributed by atoms with Gasteiger partial charge in [0, 0.05) is 16.8 Å². The Morgan fingerprint density at radius 2 is 2.00 bits per heavy atom. The number of nitrogens with zero attached hydrogens (tertiary/aromatic N) is 1. The van der Waals surface area contributed by atoms with Crippen molar-refractivity contribution in [3.63, 3.8) is 0 Å². The van der Waals surface area contributed by atoms with Gasteiger partial charge in [-0.2, -0.15) is 0 Å². The molecular weight excluding hydrogens is 393 g/mol. The van der Waals surface area contributed by atoms with E-state index in [1.165, 1.54) is 12.1 Å². The Morgan fingerprint density at radius 3 is 2.71 bits per heavy atom. The number of carbonyl (C=O) groups excluding carboxylic acids is 1. The van der Waals surface area contributed by atoms with E-state index in [0.29, 0.717) is 6.54 Å². The molecule has 6 heteroatoms. The quantitative estimate of drug-likeness (QED) is 0.736. The zero-order valence-electron chi connectivity index (χ0n) is 13.1. The first-order chi connectivity index (χ1) is 11.6. The van der Waals surface area contributed by atoms with Crippen LogP contribution in [0.25, 0.3) is 0 Å². The molecule has 1 saturated heterocycles. The molecule has 1 fully saturated rings. The van der Waals surface area contributed by atoms with Gasteiger partial charge in [-0.3, -0.25) is 4.79 Å². The lowest BCUT2D eigenvalue weighted by atomic mass is 10.2. The molecule has 1 amide bonds. The SMILES string of the molecule is CC(Oc1ccccc1F)C(=O)N1CCSC1c1ccc(Br)cc1. The summed E-state index contributed by atoms with van der Waals surface area (Å²) in [6.45, 7) is 2.33. The van der Waals surface area contributed by atoms with Crippen LogP contribution in [0.5, 0.6) is 5.75 Å². The van der Waals surface area contributed by atoms with E-state index in [9.17, 15) is 9.18 Å². The molecule has 2 unspecified atom stereocenters. The number of benzene rings is 2. The first kappa shape index (κ1) is 17.3. The van der Waals surface area contributed by atoms with Crippen molar-refractivity contribution >= 4 is 33.6 Å². The molecule has 0 saturated carbocycles. The minimum absolute atomic E-state index is 0.0303. The summed E-state index contributed by atoms with van der Waals surface area (Å²) in [6, 6.07) is 14.1. The minimum atomic E-state index is -0.737. The van der Waals surface area contributed by atoms with Crippen molar-refractivity contribution in [3.8, 4) is 5.75 Å². The molecule has 0 N–H and O–H groups in total. The Balaban J connectivity index is 1.73. The molecule has 126 valence electrons. The van der Waals surface area contributed by atoms with E-state index >= 15 is 0 Å². The van der Waals surface area contributed by atoms with Crippen LogP contribution in [0.15, 0.2) is 53.0 Å². The maximum atomic E-state index is 13.7. The highest BCUT2D eigenvalue weighted by Crippen LogP contribution is 2.38. The van der Waals surface area contributed by atoms with E-state index in [2.05, 4.69) is 15.9 Å². The number of rotatable bonds is 4. The first-order valence-electron chi connectivity index (χ1n) is 7.65. The van der Waals surface area contributed by atoms with Crippen LogP contribution in [0, 0.1) is 5.82 Å². The fourth-order valence-electron chi connectivity index (χ4n) is 2.61. The number of halogens is 2. The Bertz CT molecular complexity index is 725. The highest BCUT2D eigenvalue weighted by atomic mass is 79.9. The zero-order chi connectivity index (χ0) is 17.1. The molecule has 0 bridgehead atoms. The minimum Gasteiger partial charge on any atom is -0.478 e. The summed E-state index contributed by atoms with van der Waals surface area (Å²) in [7, 11) is 0. The second-order valence-corrected chi connectivity index (χ2v) is 7.60. The Labute approximate surface area is 153 Å². The molecule has 3 nitrogen and oxygen atoms in total. The number of carbonyl (C=O) groups is 1. The summed E-state index contributed by atoms with van der Waals surface area (Å²) in [5, 5.41) is -0.0303. The second-order valence-electron chi connectivity index (χ2n) is 5.50. The van der Waals surface area contributed by atoms with Gasteiger partial charge in [-0.25, -0.2) is 4.39 Å². The van der Waals surface area contributed by atoms with Gasteiger partial charge in [0.15, 0.2) is 17.7 Å². The smallest absolute Gasteiger partial charge is 0.264 e. The molecule has 0 spiro atoms. The predicted molar refractivity (Wildman–Crippen MR) is 97.5 cm³/mol. The normalized spacial score (nSPS) is 18.5. The summed E-state index contributed by atoms with van der Waals surface area (Å²) in [6.07, 6.45) is -0.737. The van der Waals surface area contributed by atoms with Gasteiger partial charge in [-0.1, -0.05) is 40.2 Å². The highest BCUT2D eigenvalue weighted by molar-refractivity contribution is 9.10. The van der Waals surface area contributed by atoms with E-state index in [1.807, 2.05) is 24.3 Å². The van der Waals surface area contributed by atoms with Crippen molar-refractivity contribution in [1.29, 1.82) is 0 Å². The number of thioether (sulfide) groups is 1. The molecule has 3 rings (SSSR count). The Kier molecular flexibility index (Phi) is 5.46. The van der Waals surface area contributed by atoms with Crippen molar-refractivity contribution in [1.82, 2.24) is 4.90 Å². The third kappa shape index (κ3) is 3.75. The lowest BCUT2D eigenvalue weighted by Crippen LogP contribution is -2.40. The fourth-order valence-corrected chi connectivity index (χ4v) is 4.14. The van der Waals surface area contributed by atoms with Gasteiger partial charge in [0.05, 0.1) is 0 Å². The standard InChI is InChI=1S/C18H17BrFNO2S/c1-12(23-16-5-3-2-4-15(16)20)17(22)21-10-11-24-18(21)13-6-8-14(19)9-7-13/h2-9,12,18H,10-11H2,1H3. The van der Waals surface area contributed by atoms with E-state index in [1.54, 1.807) is 35.7 Å². The van der Waals surface area contributed by atoms with Crippen LogP contribution in [0.3, 0.4) is 0 Å². The van der Waals surface area contributed by atoms with Crippen molar-refractivity contribution in [3.05, 3.63) is 64.4 Å². The largest absolute Gasteiger partial charge is 0.478 e. The van der Waals surface area contributed by atoms with E-state index in [4.69, 9.17) is 4.74 Å². The van der Waals surface area contributed by atoms with Gasteiger partial charge < -0.3 is 9.64 Å². The maximum absolute atomic E-state index is 13.7. The molecular formula is C18H17BrFNO2S. The number of hydrogen-bond acceptors (Lipinski definition) is 3. The third-order valence-electron chi connectivity index (χ3n) is 3.82. The molecule has 2 aromatic rings. The third-order valence-corrected chi connectivity index (χ3v) is 5.61. The molecule has 24 heavy (non-hydrogen) atoms. The van der Waals surface area contributed by atoms with E-state index in [-0.39, 0.29) is 17.0 Å². The summed E-state index contributed by atoms with van der Waals surface area (Å²) in [5.74, 6) is 0.387. The molecule has 1 heterocycles. The van der Waals surface area contributed by atoms with Crippen molar-refractivity contribution in [2.24, 2.45) is 0 Å². The lowest BCUT2D eigenvalue weighted by Gasteiger charge is -2.27. The van der Waals surface area contributed by atoms with Crippen LogP contribution < -0.4 is 4.74 Å². The van der Waals surface area contributed by atoms with Gasteiger partial charge in [-0.15, -0.1) is 11.8 Å². The lowest BCUT2D eigenvalue weighted by molar-refractivity contribution is -0.138. The fraction of sp³-hybridized carbons (Fsp3) is 0.278. The van der Waals surface area contributed by atoms with Crippen LogP contribution in [-0.4, -0.2) is 29.2 Å².